The van der Waals surface area contributed by atoms with Gasteiger partial charge in [-0.05, 0) is 55.3 Å². The molecule has 0 atom stereocenters. The molecule has 3 aromatic rings. The largest absolute Gasteiger partial charge is 0.379 e. The third-order valence-corrected chi connectivity index (χ3v) is 5.70. The summed E-state index contributed by atoms with van der Waals surface area (Å²) < 4.78 is 6.67. The quantitative estimate of drug-likeness (QED) is 0.535. The highest BCUT2D eigenvalue weighted by Crippen LogP contribution is 2.21. The van der Waals surface area contributed by atoms with E-state index in [1.54, 1.807) is 36.5 Å². The van der Waals surface area contributed by atoms with E-state index >= 15 is 0 Å². The number of ether oxygens (including phenoxy) is 1. The Balaban J connectivity index is 1.38. The zero-order chi connectivity index (χ0) is 23.2. The SMILES string of the molecule is Cc1cc(C#N)ccc1-c1c[nH]n(-c2ccc(C(=O)NCCCN3CCOCC3)cn2)c1=O. The van der Waals surface area contributed by atoms with Crippen molar-refractivity contribution in [3.05, 3.63) is 69.8 Å². The number of nitriles is 1. The molecule has 0 radical (unpaired) electrons. The fourth-order valence-corrected chi connectivity index (χ4v) is 3.85. The molecule has 3 heterocycles. The Morgan fingerprint density at radius 3 is 2.76 bits per heavy atom. The summed E-state index contributed by atoms with van der Waals surface area (Å²) in [6.07, 6.45) is 3.95. The van der Waals surface area contributed by atoms with E-state index in [0.717, 1.165) is 50.4 Å². The van der Waals surface area contributed by atoms with Gasteiger partial charge < -0.3 is 10.1 Å². The van der Waals surface area contributed by atoms with Crippen molar-refractivity contribution in [1.29, 1.82) is 5.26 Å². The van der Waals surface area contributed by atoms with Gasteiger partial charge in [0, 0.05) is 32.0 Å². The Kier molecular flexibility index (Phi) is 6.98. The molecule has 33 heavy (non-hydrogen) atoms. The maximum Gasteiger partial charge on any atom is 0.280 e. The van der Waals surface area contributed by atoms with E-state index in [4.69, 9.17) is 10.00 Å². The summed E-state index contributed by atoms with van der Waals surface area (Å²) in [4.78, 5) is 32.0. The first kappa shape index (κ1) is 22.5. The highest BCUT2D eigenvalue weighted by molar-refractivity contribution is 5.93. The second-order valence-corrected chi connectivity index (χ2v) is 7.94. The highest BCUT2D eigenvalue weighted by atomic mass is 16.5. The molecule has 170 valence electrons. The average molecular weight is 447 g/mol. The number of hydrogen-bond acceptors (Lipinski definition) is 6. The molecule has 4 rings (SSSR count). The van der Waals surface area contributed by atoms with Gasteiger partial charge in [-0.3, -0.25) is 19.6 Å². The zero-order valence-electron chi connectivity index (χ0n) is 18.5. The number of aryl methyl sites for hydroxylation is 1. The van der Waals surface area contributed by atoms with Gasteiger partial charge in [-0.2, -0.15) is 5.26 Å². The first-order chi connectivity index (χ1) is 16.1. The predicted octanol–water partition coefficient (Wildman–Crippen LogP) is 1.86. The number of hydrogen-bond donors (Lipinski definition) is 2. The van der Waals surface area contributed by atoms with Crippen LogP contribution in [-0.4, -0.2) is 65.0 Å². The van der Waals surface area contributed by atoms with Crippen molar-refractivity contribution in [3.8, 4) is 23.0 Å². The van der Waals surface area contributed by atoms with Crippen LogP contribution in [0.1, 0.15) is 27.9 Å². The van der Waals surface area contributed by atoms with Crippen molar-refractivity contribution in [2.75, 3.05) is 39.4 Å². The molecule has 0 unspecified atom stereocenters. The van der Waals surface area contributed by atoms with Crippen LogP contribution in [0.2, 0.25) is 0 Å². The second-order valence-electron chi connectivity index (χ2n) is 7.94. The second kappa shape index (κ2) is 10.3. The molecule has 1 amide bonds. The van der Waals surface area contributed by atoms with E-state index in [1.165, 1.54) is 10.9 Å². The van der Waals surface area contributed by atoms with Crippen LogP contribution in [0.25, 0.3) is 16.9 Å². The lowest BCUT2D eigenvalue weighted by atomic mass is 10.0. The van der Waals surface area contributed by atoms with Gasteiger partial charge in [0.25, 0.3) is 11.5 Å². The number of carbonyl (C=O) groups excluding carboxylic acids is 1. The summed E-state index contributed by atoms with van der Waals surface area (Å²) in [6, 6.07) is 10.6. The van der Waals surface area contributed by atoms with Gasteiger partial charge in [0.1, 0.15) is 0 Å². The number of morpholine rings is 1. The highest BCUT2D eigenvalue weighted by Gasteiger charge is 2.14. The van der Waals surface area contributed by atoms with Crippen molar-refractivity contribution in [2.24, 2.45) is 0 Å². The molecule has 9 heteroatoms. The summed E-state index contributed by atoms with van der Waals surface area (Å²) in [5.41, 5.74) is 2.81. The first-order valence-electron chi connectivity index (χ1n) is 10.9. The molecular weight excluding hydrogens is 420 g/mol. The normalized spacial score (nSPS) is 14.1. The fraction of sp³-hybridized carbons (Fsp3) is 0.333. The monoisotopic (exact) mass is 446 g/mol. The molecule has 1 aliphatic rings. The zero-order valence-corrected chi connectivity index (χ0v) is 18.5. The lowest BCUT2D eigenvalue weighted by Crippen LogP contribution is -2.38. The number of nitrogens with one attached hydrogen (secondary N) is 2. The number of aromatic nitrogens is 3. The van der Waals surface area contributed by atoms with Gasteiger partial charge in [0.15, 0.2) is 5.82 Å². The Morgan fingerprint density at radius 1 is 1.24 bits per heavy atom. The van der Waals surface area contributed by atoms with Gasteiger partial charge in [-0.25, -0.2) is 9.67 Å². The third-order valence-electron chi connectivity index (χ3n) is 5.70. The minimum absolute atomic E-state index is 0.191. The lowest BCUT2D eigenvalue weighted by molar-refractivity contribution is 0.0374. The standard InChI is InChI=1S/C24H26N6O3/c1-17-13-18(14-25)3-5-20(17)21-16-28-30(24(21)32)22-6-4-19(15-27-22)23(31)26-7-2-8-29-9-11-33-12-10-29/h3-6,13,15-16,28H,2,7-12H2,1H3,(H,26,31). The number of nitrogens with zero attached hydrogens (tertiary/aromatic N) is 4. The average Bonchev–Trinajstić information content (AvgIpc) is 3.23. The van der Waals surface area contributed by atoms with Crippen molar-refractivity contribution < 1.29 is 9.53 Å². The maximum absolute atomic E-state index is 12.9. The molecular formula is C24H26N6O3. The van der Waals surface area contributed by atoms with Gasteiger partial charge in [0.2, 0.25) is 0 Å². The van der Waals surface area contributed by atoms with E-state index in [-0.39, 0.29) is 11.5 Å². The van der Waals surface area contributed by atoms with Gasteiger partial charge in [-0.1, -0.05) is 6.07 Å². The molecule has 0 saturated carbocycles. The van der Waals surface area contributed by atoms with Crippen LogP contribution in [0.5, 0.6) is 0 Å². The van der Waals surface area contributed by atoms with Crippen molar-refractivity contribution in [1.82, 2.24) is 25.0 Å². The first-order valence-corrected chi connectivity index (χ1v) is 10.9. The van der Waals surface area contributed by atoms with Gasteiger partial charge in [0.05, 0.1) is 36.0 Å². The topological polar surface area (TPSA) is 116 Å². The Bertz CT molecular complexity index is 1220. The van der Waals surface area contributed by atoms with E-state index < -0.39 is 0 Å². The van der Waals surface area contributed by atoms with Gasteiger partial charge in [-0.15, -0.1) is 0 Å². The minimum Gasteiger partial charge on any atom is -0.379 e. The summed E-state index contributed by atoms with van der Waals surface area (Å²) in [6.45, 7) is 6.78. The smallest absolute Gasteiger partial charge is 0.280 e. The van der Waals surface area contributed by atoms with Crippen LogP contribution in [-0.2, 0) is 4.74 Å². The minimum atomic E-state index is -0.254. The van der Waals surface area contributed by atoms with E-state index in [1.807, 2.05) is 6.92 Å². The number of pyridine rings is 1. The number of rotatable bonds is 7. The number of aromatic amines is 1. The number of amides is 1. The Labute approximate surface area is 191 Å². The van der Waals surface area contributed by atoms with Crippen LogP contribution in [0.4, 0.5) is 0 Å². The molecule has 1 aromatic carbocycles. The molecule has 2 N–H and O–H groups in total. The molecule has 2 aromatic heterocycles. The predicted molar refractivity (Wildman–Crippen MR) is 123 cm³/mol. The van der Waals surface area contributed by atoms with Crippen LogP contribution >= 0.6 is 0 Å². The van der Waals surface area contributed by atoms with Crippen molar-refractivity contribution in [2.45, 2.75) is 13.3 Å². The number of carbonyl (C=O) groups is 1. The van der Waals surface area contributed by atoms with Crippen LogP contribution in [0, 0.1) is 18.3 Å². The molecule has 0 bridgehead atoms. The molecule has 0 aliphatic carbocycles. The Morgan fingerprint density at radius 2 is 2.06 bits per heavy atom. The molecule has 1 aliphatic heterocycles. The van der Waals surface area contributed by atoms with Crippen molar-refractivity contribution >= 4 is 5.91 Å². The summed E-state index contributed by atoms with van der Waals surface area (Å²) in [5.74, 6) is 0.199. The molecule has 0 spiro atoms. The fourth-order valence-electron chi connectivity index (χ4n) is 3.85. The summed E-state index contributed by atoms with van der Waals surface area (Å²) in [5, 5.41) is 14.9. The maximum atomic E-state index is 12.9. The van der Waals surface area contributed by atoms with E-state index in [2.05, 4.69) is 26.4 Å². The van der Waals surface area contributed by atoms with E-state index in [9.17, 15) is 9.59 Å². The number of H-pyrrole nitrogens is 1. The van der Waals surface area contributed by atoms with Gasteiger partial charge >= 0.3 is 0 Å². The third kappa shape index (κ3) is 5.19. The number of benzene rings is 1. The molecule has 1 fully saturated rings. The van der Waals surface area contributed by atoms with Crippen LogP contribution < -0.4 is 10.9 Å². The van der Waals surface area contributed by atoms with Crippen LogP contribution in [0.3, 0.4) is 0 Å². The Hall–Kier alpha value is -3.74. The van der Waals surface area contributed by atoms with Crippen molar-refractivity contribution in [3.63, 3.8) is 0 Å². The van der Waals surface area contributed by atoms with Crippen LogP contribution in [0.15, 0.2) is 47.5 Å². The summed E-state index contributed by atoms with van der Waals surface area (Å²) in [7, 11) is 0. The summed E-state index contributed by atoms with van der Waals surface area (Å²) >= 11 is 0. The lowest BCUT2D eigenvalue weighted by Gasteiger charge is -2.26. The molecule has 1 saturated heterocycles. The van der Waals surface area contributed by atoms with E-state index in [0.29, 0.717) is 29.1 Å². The molecule has 9 nitrogen and oxygen atoms in total.